The van der Waals surface area contributed by atoms with Crippen LogP contribution in [0.1, 0.15) is 30.4 Å². The quantitative estimate of drug-likeness (QED) is 0.876. The lowest BCUT2D eigenvalue weighted by Crippen LogP contribution is -2.41. The molecule has 2 amide bonds. The largest absolute Gasteiger partial charge is 0.377 e. The molecule has 2 N–H and O–H groups in total. The molecule has 0 spiro atoms. The van der Waals surface area contributed by atoms with Gasteiger partial charge in [-0.3, -0.25) is 0 Å². The third-order valence-corrected chi connectivity index (χ3v) is 4.63. The molecule has 23 heavy (non-hydrogen) atoms. The topological polar surface area (TPSA) is 47.6 Å². The molecule has 0 unspecified atom stereocenters. The molecule has 0 bridgehead atoms. The summed E-state index contributed by atoms with van der Waals surface area (Å²) < 4.78 is 0. The highest BCUT2D eigenvalue weighted by atomic mass is 16.2. The van der Waals surface area contributed by atoms with Crippen LogP contribution in [-0.4, -0.2) is 51.2 Å². The third-order valence-electron chi connectivity index (χ3n) is 4.63. The lowest BCUT2D eigenvalue weighted by molar-refractivity contribution is 0.235. The lowest BCUT2D eigenvalue weighted by Gasteiger charge is -2.20. The van der Waals surface area contributed by atoms with Crippen molar-refractivity contribution in [3.05, 3.63) is 29.3 Å². The first-order valence-corrected chi connectivity index (χ1v) is 8.34. The predicted octanol–water partition coefficient (Wildman–Crippen LogP) is 2.34. The van der Waals surface area contributed by atoms with E-state index in [1.54, 1.807) is 0 Å². The highest BCUT2D eigenvalue weighted by Crippen LogP contribution is 2.22. The maximum atomic E-state index is 12.1. The fourth-order valence-corrected chi connectivity index (χ4v) is 3.21. The predicted molar refractivity (Wildman–Crippen MR) is 96.0 cm³/mol. The smallest absolute Gasteiger partial charge is 0.315 e. The van der Waals surface area contributed by atoms with Gasteiger partial charge in [-0.05, 0) is 57.5 Å². The van der Waals surface area contributed by atoms with Crippen LogP contribution in [0.4, 0.5) is 10.5 Å². The Bertz CT molecular complexity index is 542. The molecule has 0 aliphatic heterocycles. The Labute approximate surface area is 140 Å². The van der Waals surface area contributed by atoms with Crippen molar-refractivity contribution in [3.63, 3.8) is 0 Å². The van der Waals surface area contributed by atoms with E-state index in [-0.39, 0.29) is 12.1 Å². The molecule has 2 atom stereocenters. The number of nitrogens with one attached hydrogen (secondary N) is 2. The first-order valence-electron chi connectivity index (χ1n) is 8.34. The van der Waals surface area contributed by atoms with Gasteiger partial charge in [0.2, 0.25) is 0 Å². The summed E-state index contributed by atoms with van der Waals surface area (Å²) in [6.45, 7) is 2.63. The van der Waals surface area contributed by atoms with Gasteiger partial charge >= 0.3 is 6.03 Å². The second-order valence-corrected chi connectivity index (χ2v) is 6.98. The normalized spacial score (nSPS) is 20.6. The zero-order valence-electron chi connectivity index (χ0n) is 15.0. The molecule has 1 aliphatic rings. The number of rotatable bonds is 5. The van der Waals surface area contributed by atoms with E-state index in [1.807, 2.05) is 14.1 Å². The third kappa shape index (κ3) is 4.86. The van der Waals surface area contributed by atoms with E-state index in [9.17, 15) is 4.79 Å². The highest BCUT2D eigenvalue weighted by molar-refractivity contribution is 5.74. The molecule has 0 aromatic heterocycles. The lowest BCUT2D eigenvalue weighted by atomic mass is 10.1. The Morgan fingerprint density at radius 2 is 1.96 bits per heavy atom. The van der Waals surface area contributed by atoms with Gasteiger partial charge in [-0.15, -0.1) is 0 Å². The number of hydrogen-bond acceptors (Lipinski definition) is 3. The zero-order valence-corrected chi connectivity index (χ0v) is 15.0. The van der Waals surface area contributed by atoms with E-state index in [0.29, 0.717) is 12.6 Å². The summed E-state index contributed by atoms with van der Waals surface area (Å²) in [5.41, 5.74) is 3.51. The summed E-state index contributed by atoms with van der Waals surface area (Å²) in [5.74, 6) is 0. The Morgan fingerprint density at radius 1 is 1.22 bits per heavy atom. The number of carbonyl (C=O) groups excluding carboxylic acids is 1. The van der Waals surface area contributed by atoms with Crippen LogP contribution in [0.15, 0.2) is 18.2 Å². The molecule has 1 aromatic rings. The SMILES string of the molecule is Cc1ccc(CNC(=O)N[C@@H]2CC[C@@H](N(C)C)C2)c(N(C)C)c1. The van der Waals surface area contributed by atoms with Crippen LogP contribution in [-0.2, 0) is 6.54 Å². The van der Waals surface area contributed by atoms with E-state index in [0.717, 1.165) is 30.5 Å². The van der Waals surface area contributed by atoms with Gasteiger partial charge in [0.05, 0.1) is 0 Å². The fourth-order valence-electron chi connectivity index (χ4n) is 3.21. The summed E-state index contributed by atoms with van der Waals surface area (Å²) in [6.07, 6.45) is 3.25. The van der Waals surface area contributed by atoms with Crippen LogP contribution in [0.2, 0.25) is 0 Å². The number of nitrogens with zero attached hydrogens (tertiary/aromatic N) is 2. The molecule has 5 nitrogen and oxygen atoms in total. The van der Waals surface area contributed by atoms with Crippen LogP contribution < -0.4 is 15.5 Å². The highest BCUT2D eigenvalue weighted by Gasteiger charge is 2.26. The summed E-state index contributed by atoms with van der Waals surface area (Å²) in [6, 6.07) is 7.11. The molecule has 0 heterocycles. The monoisotopic (exact) mass is 318 g/mol. The van der Waals surface area contributed by atoms with Crippen molar-refractivity contribution in [1.29, 1.82) is 0 Å². The van der Waals surface area contributed by atoms with Crippen molar-refractivity contribution in [2.24, 2.45) is 0 Å². The van der Waals surface area contributed by atoms with Gasteiger partial charge in [0, 0.05) is 38.4 Å². The van der Waals surface area contributed by atoms with E-state index in [4.69, 9.17) is 0 Å². The Balaban J connectivity index is 1.86. The number of aryl methyl sites for hydroxylation is 1. The Morgan fingerprint density at radius 3 is 2.57 bits per heavy atom. The van der Waals surface area contributed by atoms with Crippen molar-refractivity contribution in [1.82, 2.24) is 15.5 Å². The van der Waals surface area contributed by atoms with Crippen molar-refractivity contribution in [2.75, 3.05) is 33.1 Å². The molecular weight excluding hydrogens is 288 g/mol. The zero-order chi connectivity index (χ0) is 17.0. The maximum Gasteiger partial charge on any atom is 0.315 e. The number of amides is 2. The van der Waals surface area contributed by atoms with Gasteiger partial charge in [-0.1, -0.05) is 12.1 Å². The molecule has 0 radical (unpaired) electrons. The van der Waals surface area contributed by atoms with Crippen molar-refractivity contribution >= 4 is 11.7 Å². The molecule has 1 saturated carbocycles. The van der Waals surface area contributed by atoms with Crippen LogP contribution in [0.3, 0.4) is 0 Å². The molecule has 5 heteroatoms. The average Bonchev–Trinajstić information content (AvgIpc) is 2.94. The molecule has 1 aliphatic carbocycles. The molecule has 1 aromatic carbocycles. The van der Waals surface area contributed by atoms with E-state index >= 15 is 0 Å². The van der Waals surface area contributed by atoms with Gasteiger partial charge < -0.3 is 20.4 Å². The number of urea groups is 1. The second kappa shape index (κ2) is 7.68. The summed E-state index contributed by atoms with van der Waals surface area (Å²) in [4.78, 5) is 16.5. The molecule has 0 saturated heterocycles. The number of hydrogen-bond donors (Lipinski definition) is 2. The Kier molecular flexibility index (Phi) is 5.88. The maximum absolute atomic E-state index is 12.1. The molecular formula is C18H30N4O. The summed E-state index contributed by atoms with van der Waals surface area (Å²) >= 11 is 0. The van der Waals surface area contributed by atoms with Gasteiger partial charge in [-0.25, -0.2) is 4.79 Å². The standard InChI is InChI=1S/C18H30N4O/c1-13-6-7-14(17(10-13)22(4)5)12-19-18(23)20-15-8-9-16(11-15)21(2)3/h6-7,10,15-16H,8-9,11-12H2,1-5H3,(H2,19,20,23)/t15-,16-/m1/s1. The summed E-state index contributed by atoms with van der Waals surface area (Å²) in [7, 11) is 8.26. The van der Waals surface area contributed by atoms with Crippen molar-refractivity contribution < 1.29 is 4.79 Å². The van der Waals surface area contributed by atoms with E-state index in [1.165, 1.54) is 5.56 Å². The van der Waals surface area contributed by atoms with Crippen molar-refractivity contribution in [2.45, 2.75) is 44.8 Å². The van der Waals surface area contributed by atoms with Gasteiger partial charge in [0.1, 0.15) is 0 Å². The Hall–Kier alpha value is -1.75. The minimum absolute atomic E-state index is 0.0697. The second-order valence-electron chi connectivity index (χ2n) is 6.98. The molecule has 1 fully saturated rings. The van der Waals surface area contributed by atoms with Crippen LogP contribution in [0.5, 0.6) is 0 Å². The number of benzene rings is 1. The average molecular weight is 318 g/mol. The molecule has 128 valence electrons. The number of anilines is 1. The summed E-state index contributed by atoms with van der Waals surface area (Å²) in [5, 5.41) is 6.10. The van der Waals surface area contributed by atoms with Gasteiger partial charge in [0.25, 0.3) is 0 Å². The van der Waals surface area contributed by atoms with Crippen LogP contribution >= 0.6 is 0 Å². The number of carbonyl (C=O) groups is 1. The fraction of sp³-hybridized carbons (Fsp3) is 0.611. The molecule has 2 rings (SSSR count). The first-order chi connectivity index (χ1) is 10.9. The minimum atomic E-state index is -0.0697. The van der Waals surface area contributed by atoms with Gasteiger partial charge in [0.15, 0.2) is 0 Å². The van der Waals surface area contributed by atoms with Crippen molar-refractivity contribution in [3.8, 4) is 0 Å². The van der Waals surface area contributed by atoms with Crippen LogP contribution in [0.25, 0.3) is 0 Å². The van der Waals surface area contributed by atoms with Gasteiger partial charge in [-0.2, -0.15) is 0 Å². The van der Waals surface area contributed by atoms with Crippen LogP contribution in [0, 0.1) is 6.92 Å². The van der Waals surface area contributed by atoms with E-state index < -0.39 is 0 Å². The minimum Gasteiger partial charge on any atom is -0.377 e. The van der Waals surface area contributed by atoms with E-state index in [2.05, 4.69) is 59.7 Å². The first kappa shape index (κ1) is 17.6.